The minimum atomic E-state index is -0.654. The Hall–Kier alpha value is -4.93. The van der Waals surface area contributed by atoms with Gasteiger partial charge < -0.3 is 39.2 Å². The molecule has 49 heavy (non-hydrogen) atoms. The number of amides is 2. The molecule has 1 aliphatic carbocycles. The number of hydrogen-bond acceptors (Lipinski definition) is 9. The van der Waals surface area contributed by atoms with E-state index in [0.29, 0.717) is 66.7 Å². The highest BCUT2D eigenvalue weighted by Crippen LogP contribution is 2.50. The van der Waals surface area contributed by atoms with E-state index in [1.165, 1.54) is 6.92 Å². The zero-order chi connectivity index (χ0) is 35.4. The Bertz CT molecular complexity index is 1790. The summed E-state index contributed by atoms with van der Waals surface area (Å²) in [5.74, 6) is 2.35. The van der Waals surface area contributed by atoms with E-state index in [4.69, 9.17) is 23.7 Å². The van der Waals surface area contributed by atoms with Crippen molar-refractivity contribution in [2.24, 2.45) is 5.92 Å². The lowest BCUT2D eigenvalue weighted by atomic mass is 9.94. The summed E-state index contributed by atoms with van der Waals surface area (Å²) in [6.45, 7) is 6.47. The molecule has 3 aromatic carbocycles. The van der Waals surface area contributed by atoms with Crippen molar-refractivity contribution in [1.29, 1.82) is 0 Å². The lowest BCUT2D eigenvalue weighted by Crippen LogP contribution is -2.48. The number of hydrogen-bond donors (Lipinski definition) is 2. The van der Waals surface area contributed by atoms with E-state index >= 15 is 0 Å². The van der Waals surface area contributed by atoms with E-state index in [2.05, 4.69) is 10.6 Å². The Balaban J connectivity index is 1.57. The molecular weight excluding hydrogens is 626 g/mol. The van der Waals surface area contributed by atoms with Gasteiger partial charge in [0.15, 0.2) is 23.0 Å². The average Bonchev–Trinajstić information content (AvgIpc) is 3.35. The minimum absolute atomic E-state index is 0.0771. The first-order chi connectivity index (χ1) is 23.6. The molecule has 0 fully saturated rings. The highest BCUT2D eigenvalue weighted by atomic mass is 16.5. The molecule has 11 heteroatoms. The number of nitrogens with zero attached hydrogens (tertiary/aromatic N) is 1. The molecule has 11 nitrogen and oxygen atoms in total. The molecule has 3 atom stereocenters. The van der Waals surface area contributed by atoms with Crippen LogP contribution in [0.15, 0.2) is 41.2 Å². The van der Waals surface area contributed by atoms with Gasteiger partial charge in [-0.2, -0.15) is 0 Å². The van der Waals surface area contributed by atoms with E-state index < -0.39 is 12.1 Å². The number of fused-ring (bicyclic) bond motifs is 4. The van der Waals surface area contributed by atoms with Gasteiger partial charge in [0.1, 0.15) is 6.04 Å². The Morgan fingerprint density at radius 3 is 2.12 bits per heavy atom. The summed E-state index contributed by atoms with van der Waals surface area (Å²) in [7, 11) is 7.89. The highest BCUT2D eigenvalue weighted by Gasteiger charge is 2.33. The number of aryl methyl sites for hydroxylation is 1. The molecule has 262 valence electrons. The van der Waals surface area contributed by atoms with Crippen molar-refractivity contribution in [2.45, 2.75) is 65.1 Å². The fourth-order valence-electron chi connectivity index (χ4n) is 6.95. The second-order valence-electron chi connectivity index (χ2n) is 12.6. The third-order valence-corrected chi connectivity index (χ3v) is 9.74. The summed E-state index contributed by atoms with van der Waals surface area (Å²) < 4.78 is 28.3. The molecule has 5 rings (SSSR count). The first-order valence-corrected chi connectivity index (χ1v) is 16.7. The summed E-state index contributed by atoms with van der Waals surface area (Å²) in [5.41, 5.74) is 5.19. The van der Waals surface area contributed by atoms with Crippen LogP contribution in [0.25, 0.3) is 11.1 Å². The van der Waals surface area contributed by atoms with Crippen molar-refractivity contribution in [3.8, 4) is 39.9 Å². The van der Waals surface area contributed by atoms with Crippen LogP contribution < -0.4 is 39.7 Å². The first kappa shape index (κ1) is 35.4. The summed E-state index contributed by atoms with van der Waals surface area (Å²) >= 11 is 0. The molecule has 1 heterocycles. The Morgan fingerprint density at radius 2 is 1.51 bits per heavy atom. The van der Waals surface area contributed by atoms with Gasteiger partial charge in [0.05, 0.1) is 47.3 Å². The second-order valence-corrected chi connectivity index (χ2v) is 12.6. The fraction of sp³-hybridized carbons (Fsp3) is 0.447. The van der Waals surface area contributed by atoms with Crippen LogP contribution in [-0.4, -0.2) is 64.8 Å². The van der Waals surface area contributed by atoms with Gasteiger partial charge in [-0.15, -0.1) is 0 Å². The van der Waals surface area contributed by atoms with Gasteiger partial charge in [-0.05, 0) is 83.3 Å². The van der Waals surface area contributed by atoms with Gasteiger partial charge in [0, 0.05) is 25.6 Å². The number of anilines is 1. The van der Waals surface area contributed by atoms with Crippen molar-refractivity contribution < 1.29 is 33.3 Å². The SMILES string of the molecule is CC[C@H](C)[C@H](Nc1ccc2c(cc1=O)[C@H](NC(C)=O)CCc1cc(OC)c(OC)c(OC)c1-2)C(=O)N1CCc2cc(OC)c(OC)cc2C1. The largest absolute Gasteiger partial charge is 0.493 e. The molecule has 0 saturated carbocycles. The maximum absolute atomic E-state index is 14.2. The van der Waals surface area contributed by atoms with Gasteiger partial charge >= 0.3 is 0 Å². The van der Waals surface area contributed by atoms with Crippen LogP contribution in [0, 0.1) is 5.92 Å². The second kappa shape index (κ2) is 15.1. The zero-order valence-electron chi connectivity index (χ0n) is 29.7. The molecule has 0 unspecified atom stereocenters. The summed E-state index contributed by atoms with van der Waals surface area (Å²) in [4.78, 5) is 42.5. The Kier molecular flexibility index (Phi) is 10.9. The quantitative estimate of drug-likeness (QED) is 0.279. The zero-order valence-corrected chi connectivity index (χ0v) is 29.7. The third-order valence-electron chi connectivity index (χ3n) is 9.74. The molecule has 0 saturated heterocycles. The standard InChI is InChI=1S/C38H47N3O8/c1-9-21(2)35(38(44)41-15-14-23-16-31(45-4)32(46-5)18-25(23)20-41)40-29-13-11-26-27(19-30(29)43)28(39-22(3)42)12-10-24-17-33(47-6)36(48-7)37(49-8)34(24)26/h11,13,16-19,21,28,35H,9-10,12,14-15,20H2,1-8H3,(H,39,42)(H,40,43)/t21-,28+,35-/m0/s1. The van der Waals surface area contributed by atoms with Gasteiger partial charge in [-0.1, -0.05) is 26.3 Å². The van der Waals surface area contributed by atoms with Crippen LogP contribution in [-0.2, 0) is 29.0 Å². The molecule has 0 spiro atoms. The summed E-state index contributed by atoms with van der Waals surface area (Å²) in [6.07, 6.45) is 2.54. The number of carbonyl (C=O) groups is 2. The van der Waals surface area contributed by atoms with E-state index in [-0.39, 0.29) is 28.8 Å². The lowest BCUT2D eigenvalue weighted by molar-refractivity contribution is -0.134. The lowest BCUT2D eigenvalue weighted by Gasteiger charge is -2.34. The van der Waals surface area contributed by atoms with Gasteiger partial charge in [0.2, 0.25) is 23.0 Å². The maximum atomic E-state index is 14.2. The minimum Gasteiger partial charge on any atom is -0.493 e. The van der Waals surface area contributed by atoms with Crippen molar-refractivity contribution in [3.05, 3.63) is 68.9 Å². The molecular formula is C38H47N3O8. The predicted molar refractivity (Wildman–Crippen MR) is 188 cm³/mol. The third kappa shape index (κ3) is 6.97. The maximum Gasteiger partial charge on any atom is 0.245 e. The first-order valence-electron chi connectivity index (χ1n) is 16.7. The molecule has 1 aliphatic heterocycles. The normalized spacial score (nSPS) is 16.1. The molecule has 3 aromatic rings. The van der Waals surface area contributed by atoms with Crippen molar-refractivity contribution in [3.63, 3.8) is 0 Å². The van der Waals surface area contributed by atoms with Gasteiger partial charge in [-0.25, -0.2) is 0 Å². The number of benzene rings is 2. The topological polar surface area (TPSA) is 125 Å². The summed E-state index contributed by atoms with van der Waals surface area (Å²) in [6, 6.07) is 9.89. The molecule has 0 aromatic heterocycles. The number of nitrogens with one attached hydrogen (secondary N) is 2. The van der Waals surface area contributed by atoms with Crippen LogP contribution in [0.1, 0.15) is 61.9 Å². The van der Waals surface area contributed by atoms with Crippen LogP contribution in [0.2, 0.25) is 0 Å². The van der Waals surface area contributed by atoms with E-state index in [1.807, 2.05) is 43.0 Å². The number of methoxy groups -OCH3 is 5. The van der Waals surface area contributed by atoms with E-state index in [1.54, 1.807) is 47.7 Å². The molecule has 0 bridgehead atoms. The van der Waals surface area contributed by atoms with Crippen LogP contribution in [0.4, 0.5) is 5.69 Å². The monoisotopic (exact) mass is 673 g/mol. The van der Waals surface area contributed by atoms with Crippen molar-refractivity contribution >= 4 is 17.5 Å². The molecule has 2 N–H and O–H groups in total. The predicted octanol–water partition coefficient (Wildman–Crippen LogP) is 5.29. The Morgan fingerprint density at radius 1 is 0.857 bits per heavy atom. The van der Waals surface area contributed by atoms with Gasteiger partial charge in [0.25, 0.3) is 0 Å². The highest BCUT2D eigenvalue weighted by molar-refractivity contribution is 5.86. The smallest absolute Gasteiger partial charge is 0.245 e. The Labute approximate surface area is 287 Å². The molecule has 0 radical (unpaired) electrons. The summed E-state index contributed by atoms with van der Waals surface area (Å²) in [5, 5.41) is 6.40. The number of rotatable bonds is 11. The van der Waals surface area contributed by atoms with Gasteiger partial charge in [-0.3, -0.25) is 14.4 Å². The molecule has 2 amide bonds. The fourth-order valence-corrected chi connectivity index (χ4v) is 6.95. The average molecular weight is 674 g/mol. The van der Waals surface area contributed by atoms with Crippen LogP contribution in [0.3, 0.4) is 0 Å². The number of carbonyl (C=O) groups excluding carboxylic acids is 2. The van der Waals surface area contributed by atoms with E-state index in [0.717, 1.165) is 34.2 Å². The number of ether oxygens (including phenoxy) is 5. The van der Waals surface area contributed by atoms with Crippen molar-refractivity contribution in [2.75, 3.05) is 47.4 Å². The van der Waals surface area contributed by atoms with Crippen LogP contribution in [0.5, 0.6) is 28.7 Å². The van der Waals surface area contributed by atoms with Crippen LogP contribution >= 0.6 is 0 Å². The molecule has 2 aliphatic rings. The van der Waals surface area contributed by atoms with E-state index in [9.17, 15) is 14.4 Å². The van der Waals surface area contributed by atoms with Crippen molar-refractivity contribution in [1.82, 2.24) is 10.2 Å².